The molecule has 0 bridgehead atoms. The average molecular weight is 340 g/mol. The Bertz CT molecular complexity index is 460. The third kappa shape index (κ3) is 4.62. The highest BCUT2D eigenvalue weighted by Crippen LogP contribution is 2.40. The smallest absolute Gasteiger partial charge is 0.408 e. The molecule has 1 amide bonds. The zero-order chi connectivity index (χ0) is 18.0. The maximum absolute atomic E-state index is 12.2. The zero-order valence-electron chi connectivity index (χ0n) is 15.7. The number of nitrogens with zero attached hydrogens (tertiary/aromatic N) is 1. The van der Waals surface area contributed by atoms with E-state index in [9.17, 15) is 9.59 Å². The molecule has 2 aliphatic rings. The van der Waals surface area contributed by atoms with Crippen LogP contribution in [0.2, 0.25) is 0 Å². The molecule has 2 saturated carbocycles. The maximum Gasteiger partial charge on any atom is 0.408 e. The van der Waals surface area contributed by atoms with Gasteiger partial charge in [0.2, 0.25) is 0 Å². The van der Waals surface area contributed by atoms with Crippen LogP contribution in [0, 0.1) is 5.92 Å². The van der Waals surface area contributed by atoms with Gasteiger partial charge in [-0.1, -0.05) is 12.8 Å². The maximum atomic E-state index is 12.2. The molecule has 0 heterocycles. The largest absolute Gasteiger partial charge is 0.467 e. The van der Waals surface area contributed by atoms with Crippen LogP contribution < -0.4 is 5.32 Å². The fourth-order valence-corrected chi connectivity index (χ4v) is 3.97. The van der Waals surface area contributed by atoms with E-state index in [2.05, 4.69) is 17.3 Å². The van der Waals surface area contributed by atoms with Gasteiger partial charge in [0.05, 0.1) is 7.11 Å². The Balaban J connectivity index is 1.89. The highest BCUT2D eigenvalue weighted by atomic mass is 16.6. The van der Waals surface area contributed by atoms with Gasteiger partial charge in [0, 0.05) is 12.6 Å². The number of esters is 1. The third-order valence-corrected chi connectivity index (χ3v) is 5.08. The summed E-state index contributed by atoms with van der Waals surface area (Å²) in [5, 5.41) is 2.76. The minimum absolute atomic E-state index is 0.381. The van der Waals surface area contributed by atoms with Crippen LogP contribution in [0.1, 0.15) is 59.3 Å². The lowest BCUT2D eigenvalue weighted by atomic mass is 9.68. The van der Waals surface area contributed by atoms with E-state index in [1.165, 1.54) is 32.8 Å². The van der Waals surface area contributed by atoms with Crippen molar-refractivity contribution in [1.82, 2.24) is 10.2 Å². The lowest BCUT2D eigenvalue weighted by Gasteiger charge is -2.47. The molecule has 6 nitrogen and oxygen atoms in total. The number of nitrogens with one attached hydrogen (secondary N) is 1. The Morgan fingerprint density at radius 3 is 2.29 bits per heavy atom. The van der Waals surface area contributed by atoms with Crippen molar-refractivity contribution in [2.45, 2.75) is 76.5 Å². The summed E-state index contributed by atoms with van der Waals surface area (Å²) < 4.78 is 10.2. The summed E-state index contributed by atoms with van der Waals surface area (Å²) in [5.74, 6) is 0.0118. The Labute approximate surface area is 145 Å². The lowest BCUT2D eigenvalue weighted by molar-refractivity contribution is -0.155. The summed E-state index contributed by atoms with van der Waals surface area (Å²) in [6.45, 7) is 6.37. The molecule has 0 aliphatic heterocycles. The van der Waals surface area contributed by atoms with E-state index in [1.807, 2.05) is 0 Å². The molecular formula is C18H32N2O4. The third-order valence-electron chi connectivity index (χ3n) is 5.08. The van der Waals surface area contributed by atoms with Gasteiger partial charge in [-0.15, -0.1) is 0 Å². The summed E-state index contributed by atoms with van der Waals surface area (Å²) in [6.07, 6.45) is 5.81. The number of alkyl carbamates (subject to hydrolysis) is 1. The lowest BCUT2D eigenvalue weighted by Crippen LogP contribution is -2.64. The fraction of sp³-hybridized carbons (Fsp3) is 0.889. The van der Waals surface area contributed by atoms with Crippen LogP contribution in [0.15, 0.2) is 0 Å². The zero-order valence-corrected chi connectivity index (χ0v) is 15.7. The molecule has 0 spiro atoms. The first-order valence-electron chi connectivity index (χ1n) is 8.95. The van der Waals surface area contributed by atoms with Gasteiger partial charge >= 0.3 is 12.1 Å². The monoisotopic (exact) mass is 340 g/mol. The van der Waals surface area contributed by atoms with Gasteiger partial charge in [0.1, 0.15) is 11.1 Å². The van der Waals surface area contributed by atoms with Crippen molar-refractivity contribution >= 4 is 12.1 Å². The molecule has 138 valence electrons. The Morgan fingerprint density at radius 1 is 1.21 bits per heavy atom. The van der Waals surface area contributed by atoms with E-state index >= 15 is 0 Å². The molecule has 0 atom stereocenters. The van der Waals surface area contributed by atoms with E-state index in [0.717, 1.165) is 6.54 Å². The van der Waals surface area contributed by atoms with E-state index in [0.29, 0.717) is 24.8 Å². The number of carbonyl (C=O) groups excluding carboxylic acids is 2. The second-order valence-corrected chi connectivity index (χ2v) is 8.35. The first-order chi connectivity index (χ1) is 11.1. The molecule has 2 rings (SSSR count). The Hall–Kier alpha value is -1.30. The minimum atomic E-state index is -0.932. The standard InChI is InChI=1S/C18H32N2O4/c1-17(2,3)24-16(22)19-18(15(21)23-5)10-13(11-18)12-20(4)14-8-6-7-9-14/h13-14H,6-12H2,1-5H3,(H,19,22). The molecule has 2 fully saturated rings. The van der Waals surface area contributed by atoms with Crippen molar-refractivity contribution in [1.29, 1.82) is 0 Å². The van der Waals surface area contributed by atoms with Crippen molar-refractivity contribution in [2.75, 3.05) is 20.7 Å². The first kappa shape index (κ1) is 19.0. The SMILES string of the molecule is COC(=O)C1(NC(=O)OC(C)(C)C)CC(CN(C)C2CCCC2)C1. The van der Waals surface area contributed by atoms with Gasteiger partial charge in [0.15, 0.2) is 0 Å². The predicted molar refractivity (Wildman–Crippen MR) is 91.7 cm³/mol. The number of hydrogen-bond acceptors (Lipinski definition) is 5. The normalized spacial score (nSPS) is 27.7. The van der Waals surface area contributed by atoms with Crippen LogP contribution in [0.3, 0.4) is 0 Å². The summed E-state index contributed by atoms with van der Waals surface area (Å²) in [6, 6.07) is 0.664. The van der Waals surface area contributed by atoms with Crippen molar-refractivity contribution in [3.8, 4) is 0 Å². The van der Waals surface area contributed by atoms with Gasteiger partial charge in [0.25, 0.3) is 0 Å². The molecule has 2 aliphatic carbocycles. The quantitative estimate of drug-likeness (QED) is 0.780. The van der Waals surface area contributed by atoms with Gasteiger partial charge in [-0.3, -0.25) is 0 Å². The van der Waals surface area contributed by atoms with Crippen LogP contribution in [-0.4, -0.2) is 54.8 Å². The van der Waals surface area contributed by atoms with Gasteiger partial charge in [-0.05, 0) is 59.4 Å². The topological polar surface area (TPSA) is 67.9 Å². The van der Waals surface area contributed by atoms with Crippen molar-refractivity contribution in [3.05, 3.63) is 0 Å². The molecule has 0 aromatic carbocycles. The van der Waals surface area contributed by atoms with Crippen LogP contribution >= 0.6 is 0 Å². The highest BCUT2D eigenvalue weighted by Gasteiger charge is 2.53. The first-order valence-corrected chi connectivity index (χ1v) is 8.95. The number of hydrogen-bond donors (Lipinski definition) is 1. The predicted octanol–water partition coefficient (Wildman–Crippen LogP) is 2.71. The van der Waals surface area contributed by atoms with Crippen molar-refractivity contribution in [3.63, 3.8) is 0 Å². The summed E-state index contributed by atoms with van der Waals surface area (Å²) in [4.78, 5) is 26.7. The van der Waals surface area contributed by atoms with Crippen molar-refractivity contribution < 1.29 is 19.1 Å². The number of amides is 1. The van der Waals surface area contributed by atoms with Crippen LogP contribution in [0.4, 0.5) is 4.79 Å². The molecule has 0 aromatic heterocycles. The highest BCUT2D eigenvalue weighted by molar-refractivity contribution is 5.87. The summed E-state index contributed by atoms with van der Waals surface area (Å²) >= 11 is 0. The van der Waals surface area contributed by atoms with Gasteiger partial charge in [-0.25, -0.2) is 9.59 Å². The number of carbonyl (C=O) groups is 2. The second-order valence-electron chi connectivity index (χ2n) is 8.35. The van der Waals surface area contributed by atoms with E-state index in [1.54, 1.807) is 20.8 Å². The fourth-order valence-electron chi connectivity index (χ4n) is 3.97. The number of ether oxygens (including phenoxy) is 2. The van der Waals surface area contributed by atoms with Crippen LogP contribution in [0.25, 0.3) is 0 Å². The molecule has 1 N–H and O–H groups in total. The summed E-state index contributed by atoms with van der Waals surface area (Å²) in [5.41, 5.74) is -1.52. The molecule has 24 heavy (non-hydrogen) atoms. The van der Waals surface area contributed by atoms with Crippen LogP contribution in [0.5, 0.6) is 0 Å². The van der Waals surface area contributed by atoms with E-state index < -0.39 is 17.2 Å². The van der Waals surface area contributed by atoms with Gasteiger partial charge < -0.3 is 19.7 Å². The Morgan fingerprint density at radius 2 is 1.79 bits per heavy atom. The van der Waals surface area contributed by atoms with Gasteiger partial charge in [-0.2, -0.15) is 0 Å². The average Bonchev–Trinajstić information content (AvgIpc) is 2.95. The molecule has 0 aromatic rings. The molecule has 0 unspecified atom stereocenters. The van der Waals surface area contributed by atoms with Crippen molar-refractivity contribution in [2.24, 2.45) is 5.92 Å². The molecule has 0 saturated heterocycles. The summed E-state index contributed by atoms with van der Waals surface area (Å²) in [7, 11) is 3.52. The molecular weight excluding hydrogens is 308 g/mol. The second kappa shape index (κ2) is 7.30. The number of rotatable bonds is 5. The minimum Gasteiger partial charge on any atom is -0.467 e. The Kier molecular flexibility index (Phi) is 5.78. The molecule has 6 heteroatoms. The number of methoxy groups -OCH3 is 1. The van der Waals surface area contributed by atoms with E-state index in [-0.39, 0.29) is 5.97 Å². The van der Waals surface area contributed by atoms with Crippen LogP contribution in [-0.2, 0) is 14.3 Å². The molecule has 0 radical (unpaired) electrons. The van der Waals surface area contributed by atoms with E-state index in [4.69, 9.17) is 9.47 Å².